The quantitative estimate of drug-likeness (QED) is 0.671. The van der Waals surface area contributed by atoms with Gasteiger partial charge in [0.1, 0.15) is 11.5 Å². The van der Waals surface area contributed by atoms with Gasteiger partial charge in [-0.25, -0.2) is 0 Å². The van der Waals surface area contributed by atoms with Gasteiger partial charge in [0.15, 0.2) is 0 Å². The molecule has 0 amide bonds. The van der Waals surface area contributed by atoms with E-state index in [2.05, 4.69) is 50.7 Å². The van der Waals surface area contributed by atoms with E-state index in [1.54, 1.807) is 13.2 Å². The molecule has 2 N–H and O–H groups in total. The highest BCUT2D eigenvalue weighted by Crippen LogP contribution is 2.31. The predicted molar refractivity (Wildman–Crippen MR) is 103 cm³/mol. The van der Waals surface area contributed by atoms with Crippen LogP contribution in [0.15, 0.2) is 64.2 Å². The molecule has 0 bridgehead atoms. The number of benzene rings is 3. The highest BCUT2D eigenvalue weighted by molar-refractivity contribution is 9.10. The number of methoxy groups -OCH3 is 1. The largest absolute Gasteiger partial charge is 0.507 e. The summed E-state index contributed by atoms with van der Waals surface area (Å²) >= 11 is 3.45. The highest BCUT2D eigenvalue weighted by atomic mass is 79.9. The molecule has 0 saturated carbocycles. The van der Waals surface area contributed by atoms with Gasteiger partial charge in [0, 0.05) is 16.5 Å². The van der Waals surface area contributed by atoms with Crippen molar-refractivity contribution in [2.24, 2.45) is 5.10 Å². The van der Waals surface area contributed by atoms with Gasteiger partial charge in [-0.15, -0.1) is 0 Å². The van der Waals surface area contributed by atoms with Gasteiger partial charge in [-0.2, -0.15) is 5.10 Å². The smallest absolute Gasteiger partial charge is 0.124 e. The van der Waals surface area contributed by atoms with Crippen LogP contribution >= 0.6 is 15.9 Å². The minimum atomic E-state index is 0.0971. The molecule has 3 aromatic carbocycles. The number of phenolic OH excluding ortho intramolecular Hbond substituents is 1. The SMILES string of the molecule is COc1ccc2cc(C3CC(c4cc(Br)ccc4O)=NN3)ccc2c1. The molecule has 5 heteroatoms. The summed E-state index contributed by atoms with van der Waals surface area (Å²) in [6.07, 6.45) is 0.728. The standard InChI is InChI=1S/C20H17BrN2O2/c1-25-16-6-4-12-8-14(3-2-13(12)9-16)18-11-19(23-22-18)17-10-15(21)5-7-20(17)24/h2-10,18,22,24H,11H2,1H3. The number of phenols is 1. The van der Waals surface area contributed by atoms with E-state index < -0.39 is 0 Å². The number of hydrogen-bond acceptors (Lipinski definition) is 4. The minimum absolute atomic E-state index is 0.0971. The molecule has 0 radical (unpaired) electrons. The van der Waals surface area contributed by atoms with Crippen molar-refractivity contribution >= 4 is 32.4 Å². The first kappa shape index (κ1) is 16.0. The lowest BCUT2D eigenvalue weighted by Gasteiger charge is -2.12. The molecule has 1 heterocycles. The zero-order chi connectivity index (χ0) is 17.4. The number of hydrogen-bond donors (Lipinski definition) is 2. The molecule has 4 nitrogen and oxygen atoms in total. The third kappa shape index (κ3) is 3.07. The summed E-state index contributed by atoms with van der Waals surface area (Å²) in [6.45, 7) is 0. The van der Waals surface area contributed by atoms with Crippen molar-refractivity contribution in [2.45, 2.75) is 12.5 Å². The maximum absolute atomic E-state index is 10.1. The van der Waals surface area contributed by atoms with Crippen molar-refractivity contribution < 1.29 is 9.84 Å². The summed E-state index contributed by atoms with van der Waals surface area (Å²) in [6, 6.07) is 17.9. The Morgan fingerprint density at radius 3 is 2.72 bits per heavy atom. The molecular weight excluding hydrogens is 380 g/mol. The molecule has 0 aromatic heterocycles. The van der Waals surface area contributed by atoms with Gasteiger partial charge in [-0.1, -0.05) is 34.1 Å². The van der Waals surface area contributed by atoms with Crippen molar-refractivity contribution in [3.63, 3.8) is 0 Å². The number of aromatic hydroxyl groups is 1. The number of fused-ring (bicyclic) bond motifs is 1. The third-order valence-corrected chi connectivity index (χ3v) is 4.99. The van der Waals surface area contributed by atoms with Crippen LogP contribution in [0.5, 0.6) is 11.5 Å². The zero-order valence-corrected chi connectivity index (χ0v) is 15.2. The molecule has 1 unspecified atom stereocenters. The first-order valence-corrected chi connectivity index (χ1v) is 8.82. The Morgan fingerprint density at radius 1 is 1.08 bits per heavy atom. The molecule has 0 fully saturated rings. The van der Waals surface area contributed by atoms with Crippen molar-refractivity contribution in [2.75, 3.05) is 7.11 Å². The summed E-state index contributed by atoms with van der Waals surface area (Å²) < 4.78 is 6.20. The van der Waals surface area contributed by atoms with Crippen LogP contribution in [-0.4, -0.2) is 17.9 Å². The van der Waals surface area contributed by atoms with Crippen LogP contribution in [0.3, 0.4) is 0 Å². The summed E-state index contributed by atoms with van der Waals surface area (Å²) in [5.41, 5.74) is 5.98. The molecule has 1 atom stereocenters. The van der Waals surface area contributed by atoms with Crippen molar-refractivity contribution in [3.8, 4) is 11.5 Å². The van der Waals surface area contributed by atoms with Crippen LogP contribution in [0.4, 0.5) is 0 Å². The highest BCUT2D eigenvalue weighted by Gasteiger charge is 2.23. The van der Waals surface area contributed by atoms with Gasteiger partial charge < -0.3 is 15.3 Å². The fourth-order valence-corrected chi connectivity index (χ4v) is 3.49. The van der Waals surface area contributed by atoms with Crippen LogP contribution < -0.4 is 10.2 Å². The number of rotatable bonds is 3. The summed E-state index contributed by atoms with van der Waals surface area (Å²) in [5, 5.41) is 16.9. The Hall–Kier alpha value is -2.53. The van der Waals surface area contributed by atoms with E-state index in [9.17, 15) is 5.11 Å². The van der Waals surface area contributed by atoms with Crippen LogP contribution in [0.2, 0.25) is 0 Å². The molecule has 1 aliphatic heterocycles. The second kappa shape index (κ2) is 6.41. The number of nitrogens with one attached hydrogen (secondary N) is 1. The molecule has 3 aromatic rings. The van der Waals surface area contributed by atoms with Crippen molar-refractivity contribution in [1.29, 1.82) is 0 Å². The lowest BCUT2D eigenvalue weighted by atomic mass is 9.96. The van der Waals surface area contributed by atoms with Gasteiger partial charge in [0.2, 0.25) is 0 Å². The van der Waals surface area contributed by atoms with E-state index >= 15 is 0 Å². The lowest BCUT2D eigenvalue weighted by Crippen LogP contribution is -2.09. The number of halogens is 1. The Bertz CT molecular complexity index is 985. The maximum Gasteiger partial charge on any atom is 0.124 e. The Kier molecular flexibility index (Phi) is 4.09. The van der Waals surface area contributed by atoms with Crippen LogP contribution in [0.25, 0.3) is 10.8 Å². The van der Waals surface area contributed by atoms with Crippen LogP contribution in [0, 0.1) is 0 Å². The molecule has 126 valence electrons. The summed E-state index contributed by atoms with van der Waals surface area (Å²) in [5.74, 6) is 1.10. The van der Waals surface area contributed by atoms with E-state index in [1.807, 2.05) is 24.3 Å². The average molecular weight is 397 g/mol. The first-order chi connectivity index (χ1) is 12.1. The first-order valence-electron chi connectivity index (χ1n) is 8.03. The molecule has 0 saturated heterocycles. The van der Waals surface area contributed by atoms with Crippen LogP contribution in [0.1, 0.15) is 23.6 Å². The van der Waals surface area contributed by atoms with Gasteiger partial charge >= 0.3 is 0 Å². The van der Waals surface area contributed by atoms with Crippen molar-refractivity contribution in [1.82, 2.24) is 5.43 Å². The van der Waals surface area contributed by atoms with E-state index in [-0.39, 0.29) is 11.8 Å². The van der Waals surface area contributed by atoms with E-state index in [1.165, 1.54) is 10.9 Å². The van der Waals surface area contributed by atoms with E-state index in [0.29, 0.717) is 0 Å². The van der Waals surface area contributed by atoms with Gasteiger partial charge in [-0.3, -0.25) is 0 Å². The molecular formula is C20H17BrN2O2. The molecule has 0 spiro atoms. The Balaban J connectivity index is 1.60. The topological polar surface area (TPSA) is 53.9 Å². The molecule has 25 heavy (non-hydrogen) atoms. The Labute approximate surface area is 154 Å². The lowest BCUT2D eigenvalue weighted by molar-refractivity contribution is 0.415. The fraction of sp³-hybridized carbons (Fsp3) is 0.150. The molecule has 4 rings (SSSR count). The second-order valence-electron chi connectivity index (χ2n) is 6.08. The third-order valence-electron chi connectivity index (χ3n) is 4.50. The Morgan fingerprint density at radius 2 is 1.88 bits per heavy atom. The monoisotopic (exact) mass is 396 g/mol. The van der Waals surface area contributed by atoms with Crippen LogP contribution in [-0.2, 0) is 0 Å². The molecule has 0 aliphatic carbocycles. The normalized spacial score (nSPS) is 16.6. The van der Waals surface area contributed by atoms with Gasteiger partial charge in [-0.05, 0) is 52.7 Å². The van der Waals surface area contributed by atoms with Gasteiger partial charge in [0.05, 0.1) is 18.9 Å². The number of nitrogens with zero attached hydrogens (tertiary/aromatic N) is 1. The maximum atomic E-state index is 10.1. The fourth-order valence-electron chi connectivity index (χ4n) is 3.13. The zero-order valence-electron chi connectivity index (χ0n) is 13.7. The number of hydrazone groups is 1. The summed E-state index contributed by atoms with van der Waals surface area (Å²) in [7, 11) is 1.67. The van der Waals surface area contributed by atoms with Crippen molar-refractivity contribution in [3.05, 3.63) is 70.2 Å². The average Bonchev–Trinajstić information content (AvgIpc) is 3.12. The number of ether oxygens (including phenoxy) is 1. The summed E-state index contributed by atoms with van der Waals surface area (Å²) in [4.78, 5) is 0. The molecule has 1 aliphatic rings. The van der Waals surface area contributed by atoms with E-state index in [4.69, 9.17) is 4.74 Å². The van der Waals surface area contributed by atoms with E-state index in [0.717, 1.165) is 33.3 Å². The van der Waals surface area contributed by atoms with Gasteiger partial charge in [0.25, 0.3) is 0 Å². The second-order valence-corrected chi connectivity index (χ2v) is 6.99. The predicted octanol–water partition coefficient (Wildman–Crippen LogP) is 4.76. The minimum Gasteiger partial charge on any atom is -0.507 e.